The van der Waals surface area contributed by atoms with Gasteiger partial charge in [-0.2, -0.15) is 0 Å². The summed E-state index contributed by atoms with van der Waals surface area (Å²) in [4.78, 5) is 40.3. The van der Waals surface area contributed by atoms with Crippen LogP contribution in [0.25, 0.3) is 10.9 Å². The first-order valence-electron chi connectivity index (χ1n) is 10.8. The Hall–Kier alpha value is -3.89. The third-order valence-corrected chi connectivity index (χ3v) is 5.50. The minimum Gasteiger partial charge on any atom is -0.508 e. The number of aromatic nitrogens is 1. The van der Waals surface area contributed by atoms with Gasteiger partial charge in [0, 0.05) is 23.5 Å². The molecular weight excluding hydrogens is 440 g/mol. The molecule has 0 aliphatic rings. The highest BCUT2D eigenvalue weighted by Crippen LogP contribution is 2.19. The number of amides is 2. The SMILES string of the molecule is CC(O)C(NC(=O)C(N)Cc1ccc(O)cc1)C(=O)NC(Cc1c[nH]c2ccccc12)C(=O)O. The Kier molecular flexibility index (Phi) is 7.87. The maximum atomic E-state index is 12.8. The third kappa shape index (κ3) is 6.12. The van der Waals surface area contributed by atoms with Crippen LogP contribution in [0.15, 0.2) is 54.7 Å². The summed E-state index contributed by atoms with van der Waals surface area (Å²) in [5, 5.41) is 34.7. The number of aliphatic carboxylic acids is 1. The quantitative estimate of drug-likeness (QED) is 0.225. The molecule has 0 fully saturated rings. The number of para-hydroxylation sites is 1. The summed E-state index contributed by atoms with van der Waals surface area (Å²) in [6.45, 7) is 1.31. The van der Waals surface area contributed by atoms with Crippen molar-refractivity contribution in [1.82, 2.24) is 15.6 Å². The fourth-order valence-electron chi connectivity index (χ4n) is 3.63. The minimum atomic E-state index is -1.40. The summed E-state index contributed by atoms with van der Waals surface area (Å²) in [6.07, 6.45) is 0.528. The first-order chi connectivity index (χ1) is 16.2. The van der Waals surface area contributed by atoms with Crippen LogP contribution < -0.4 is 16.4 Å². The van der Waals surface area contributed by atoms with E-state index in [1.807, 2.05) is 24.3 Å². The number of hydrogen-bond donors (Lipinski definition) is 7. The molecule has 0 aliphatic carbocycles. The van der Waals surface area contributed by atoms with Gasteiger partial charge in [0.1, 0.15) is 17.8 Å². The lowest BCUT2D eigenvalue weighted by atomic mass is 10.0. The number of hydrogen-bond acceptors (Lipinski definition) is 6. The molecule has 1 aromatic heterocycles. The average molecular weight is 469 g/mol. The zero-order valence-corrected chi connectivity index (χ0v) is 18.6. The van der Waals surface area contributed by atoms with Crippen LogP contribution in [-0.2, 0) is 27.2 Å². The number of aromatic hydroxyl groups is 1. The second kappa shape index (κ2) is 10.8. The topological polar surface area (TPSA) is 178 Å². The standard InChI is InChI=1S/C24H28N4O6/c1-13(29)21(28-22(31)18(25)10-14-6-8-16(30)9-7-14)23(32)27-20(24(33)34)11-15-12-26-19-5-3-2-4-17(15)19/h2-9,12-13,18,20-21,26,29-30H,10-11,25H2,1H3,(H,27,32)(H,28,31)(H,33,34). The van der Waals surface area contributed by atoms with Gasteiger partial charge < -0.3 is 36.7 Å². The molecule has 0 radical (unpaired) electrons. The van der Waals surface area contributed by atoms with Crippen LogP contribution in [0.3, 0.4) is 0 Å². The largest absolute Gasteiger partial charge is 0.508 e. The Bertz CT molecular complexity index is 1160. The number of carbonyl (C=O) groups is 3. The van der Waals surface area contributed by atoms with Crippen molar-refractivity contribution < 1.29 is 29.7 Å². The second-order valence-corrected chi connectivity index (χ2v) is 8.17. The number of benzene rings is 2. The molecule has 34 heavy (non-hydrogen) atoms. The minimum absolute atomic E-state index is 0.00588. The van der Waals surface area contributed by atoms with Crippen LogP contribution in [0.2, 0.25) is 0 Å². The number of fused-ring (bicyclic) bond motifs is 1. The molecule has 3 aromatic rings. The molecule has 2 aromatic carbocycles. The summed E-state index contributed by atoms with van der Waals surface area (Å²) in [5.74, 6) is -2.70. The summed E-state index contributed by atoms with van der Waals surface area (Å²) in [6, 6.07) is 9.82. The van der Waals surface area contributed by atoms with Crippen LogP contribution in [0, 0.1) is 0 Å². The van der Waals surface area contributed by atoms with Crippen LogP contribution in [0.5, 0.6) is 5.75 Å². The van der Waals surface area contributed by atoms with Crippen molar-refractivity contribution in [3.8, 4) is 5.75 Å². The molecule has 1 heterocycles. The monoisotopic (exact) mass is 468 g/mol. The number of aliphatic hydroxyl groups excluding tert-OH is 1. The van der Waals surface area contributed by atoms with Crippen molar-refractivity contribution in [2.75, 3.05) is 0 Å². The molecule has 8 N–H and O–H groups in total. The molecule has 0 aliphatic heterocycles. The van der Waals surface area contributed by atoms with Gasteiger partial charge in [0.15, 0.2) is 0 Å². The maximum Gasteiger partial charge on any atom is 0.326 e. The van der Waals surface area contributed by atoms with E-state index in [2.05, 4.69) is 15.6 Å². The maximum absolute atomic E-state index is 12.8. The highest BCUT2D eigenvalue weighted by molar-refractivity contribution is 5.92. The van der Waals surface area contributed by atoms with Gasteiger partial charge in [-0.05, 0) is 42.7 Å². The number of aromatic amines is 1. The lowest BCUT2D eigenvalue weighted by Gasteiger charge is -2.24. The number of nitrogens with two attached hydrogens (primary N) is 1. The molecule has 10 nitrogen and oxygen atoms in total. The highest BCUT2D eigenvalue weighted by atomic mass is 16.4. The van der Waals surface area contributed by atoms with Gasteiger partial charge in [-0.15, -0.1) is 0 Å². The van der Waals surface area contributed by atoms with E-state index in [-0.39, 0.29) is 18.6 Å². The first-order valence-corrected chi connectivity index (χ1v) is 10.8. The van der Waals surface area contributed by atoms with Crippen LogP contribution in [0.1, 0.15) is 18.1 Å². The van der Waals surface area contributed by atoms with E-state index >= 15 is 0 Å². The third-order valence-electron chi connectivity index (χ3n) is 5.50. The van der Waals surface area contributed by atoms with E-state index in [0.29, 0.717) is 11.1 Å². The Morgan fingerprint density at radius 3 is 2.32 bits per heavy atom. The molecular formula is C24H28N4O6. The summed E-state index contributed by atoms with van der Waals surface area (Å²) < 4.78 is 0. The average Bonchev–Trinajstić information content (AvgIpc) is 3.20. The summed E-state index contributed by atoms with van der Waals surface area (Å²) in [5.41, 5.74) is 8.18. The molecule has 0 saturated heterocycles. The molecule has 0 spiro atoms. The summed E-state index contributed by atoms with van der Waals surface area (Å²) in [7, 11) is 0. The number of carboxylic acids is 1. The Morgan fingerprint density at radius 2 is 1.68 bits per heavy atom. The van der Waals surface area contributed by atoms with Crippen molar-refractivity contribution in [2.24, 2.45) is 5.73 Å². The van der Waals surface area contributed by atoms with Gasteiger partial charge in [-0.3, -0.25) is 9.59 Å². The molecule has 4 unspecified atom stereocenters. The number of H-pyrrole nitrogens is 1. The zero-order valence-electron chi connectivity index (χ0n) is 18.6. The van der Waals surface area contributed by atoms with Crippen molar-refractivity contribution in [2.45, 2.75) is 44.0 Å². The molecule has 3 rings (SSSR count). The predicted octanol–water partition coefficient (Wildman–Crippen LogP) is 0.421. The first kappa shape index (κ1) is 24.7. The van der Waals surface area contributed by atoms with E-state index in [9.17, 15) is 29.7 Å². The number of phenols is 1. The van der Waals surface area contributed by atoms with Crippen LogP contribution in [-0.4, -0.2) is 62.3 Å². The normalized spacial score (nSPS) is 14.7. The molecule has 0 bridgehead atoms. The molecule has 180 valence electrons. The highest BCUT2D eigenvalue weighted by Gasteiger charge is 2.31. The lowest BCUT2D eigenvalue weighted by molar-refractivity contribution is -0.142. The Morgan fingerprint density at radius 1 is 1.00 bits per heavy atom. The molecule has 10 heteroatoms. The fraction of sp³-hybridized carbons (Fsp3) is 0.292. The van der Waals surface area contributed by atoms with E-state index in [4.69, 9.17) is 5.73 Å². The zero-order chi connectivity index (χ0) is 24.8. The number of carboxylic acid groups (broad SMARTS) is 1. The number of nitrogens with one attached hydrogen (secondary N) is 3. The van der Waals surface area contributed by atoms with E-state index in [1.165, 1.54) is 19.1 Å². The Labute approximate surface area is 195 Å². The van der Waals surface area contributed by atoms with Crippen molar-refractivity contribution in [3.63, 3.8) is 0 Å². The van der Waals surface area contributed by atoms with Gasteiger partial charge >= 0.3 is 5.97 Å². The van der Waals surface area contributed by atoms with Gasteiger partial charge in [0.05, 0.1) is 12.1 Å². The smallest absolute Gasteiger partial charge is 0.326 e. The van der Waals surface area contributed by atoms with E-state index in [0.717, 1.165) is 10.9 Å². The number of rotatable bonds is 10. The number of carbonyl (C=O) groups excluding carboxylic acids is 2. The van der Waals surface area contributed by atoms with Crippen LogP contribution in [0.4, 0.5) is 0 Å². The summed E-state index contributed by atoms with van der Waals surface area (Å²) >= 11 is 0. The molecule has 0 saturated carbocycles. The fourth-order valence-corrected chi connectivity index (χ4v) is 3.63. The number of aliphatic hydroxyl groups is 1. The Balaban J connectivity index is 1.66. The number of phenolic OH excluding ortho intramolecular Hbond substituents is 1. The molecule has 2 amide bonds. The van der Waals surface area contributed by atoms with Crippen molar-refractivity contribution in [3.05, 3.63) is 65.9 Å². The van der Waals surface area contributed by atoms with Gasteiger partial charge in [0.2, 0.25) is 11.8 Å². The molecule has 4 atom stereocenters. The van der Waals surface area contributed by atoms with Gasteiger partial charge in [0.25, 0.3) is 0 Å². The van der Waals surface area contributed by atoms with Gasteiger partial charge in [-0.1, -0.05) is 30.3 Å². The van der Waals surface area contributed by atoms with E-state index in [1.54, 1.807) is 18.3 Å². The van der Waals surface area contributed by atoms with E-state index < -0.39 is 42.0 Å². The van der Waals surface area contributed by atoms with Gasteiger partial charge in [-0.25, -0.2) is 4.79 Å². The van der Waals surface area contributed by atoms with Crippen LogP contribution >= 0.6 is 0 Å². The lowest BCUT2D eigenvalue weighted by Crippen LogP contribution is -2.58. The van der Waals surface area contributed by atoms with Crippen molar-refractivity contribution >= 4 is 28.7 Å². The predicted molar refractivity (Wildman–Crippen MR) is 125 cm³/mol. The van der Waals surface area contributed by atoms with Crippen molar-refractivity contribution in [1.29, 1.82) is 0 Å². The second-order valence-electron chi connectivity index (χ2n) is 8.17.